The molecule has 2 heterocycles. The monoisotopic (exact) mass is 547 g/mol. The number of hydrogen-bond acceptors (Lipinski definition) is 7. The first kappa shape index (κ1) is 28.9. The number of benzene rings is 2. The molecular formula is C31H37N3O6. The fourth-order valence-electron chi connectivity index (χ4n) is 4.98. The van der Waals surface area contributed by atoms with Crippen LogP contribution >= 0.6 is 0 Å². The third-order valence-electron chi connectivity index (χ3n) is 7.02. The second-order valence-corrected chi connectivity index (χ2v) is 11.3. The average molecular weight is 548 g/mol. The van der Waals surface area contributed by atoms with E-state index >= 15 is 0 Å². The molecule has 9 heteroatoms. The number of imide groups is 1. The van der Waals surface area contributed by atoms with E-state index < -0.39 is 11.7 Å². The highest BCUT2D eigenvalue weighted by Gasteiger charge is 2.38. The second-order valence-electron chi connectivity index (χ2n) is 11.3. The Morgan fingerprint density at radius 2 is 1.70 bits per heavy atom. The standard InChI is InChI=1S/C31H37N3O6/c1-31(2,3)40-30(37)34-19-23(18-32)27(20-34)22-7-6-8-25(17-22)39-16-5-4-15-38-24-11-9-21(10-12-24)26-13-14-28(35)33-29(26)36/h6-12,17,23,26-27H,4-5,13-16,19-20H2,1-3H3,(H,33,35,36)/t23-,26?,27+/m1/s1. The van der Waals surface area contributed by atoms with Crippen molar-refractivity contribution in [3.8, 4) is 17.6 Å². The van der Waals surface area contributed by atoms with E-state index in [1.807, 2.05) is 69.3 Å². The summed E-state index contributed by atoms with van der Waals surface area (Å²) in [6, 6.07) is 17.5. The van der Waals surface area contributed by atoms with Crippen molar-refractivity contribution in [1.29, 1.82) is 5.26 Å². The molecule has 0 aliphatic carbocycles. The minimum Gasteiger partial charge on any atom is -0.494 e. The molecule has 40 heavy (non-hydrogen) atoms. The number of carbonyl (C=O) groups excluding carboxylic acids is 3. The third-order valence-corrected chi connectivity index (χ3v) is 7.02. The summed E-state index contributed by atoms with van der Waals surface area (Å²) >= 11 is 0. The molecule has 2 aromatic carbocycles. The predicted octanol–water partition coefficient (Wildman–Crippen LogP) is 4.92. The summed E-state index contributed by atoms with van der Waals surface area (Å²) in [7, 11) is 0. The van der Waals surface area contributed by atoms with Crippen molar-refractivity contribution < 1.29 is 28.6 Å². The number of likely N-dealkylation sites (tertiary alicyclic amines) is 1. The third kappa shape index (κ3) is 7.75. The summed E-state index contributed by atoms with van der Waals surface area (Å²) in [5, 5.41) is 12.1. The van der Waals surface area contributed by atoms with Gasteiger partial charge in [-0.15, -0.1) is 0 Å². The van der Waals surface area contributed by atoms with Crippen molar-refractivity contribution in [3.63, 3.8) is 0 Å². The molecule has 3 amide bonds. The molecule has 2 fully saturated rings. The van der Waals surface area contributed by atoms with Gasteiger partial charge in [0.15, 0.2) is 0 Å². The fraction of sp³-hybridized carbons (Fsp3) is 0.484. The summed E-state index contributed by atoms with van der Waals surface area (Å²) in [4.78, 5) is 37.5. The van der Waals surface area contributed by atoms with Crippen molar-refractivity contribution in [2.75, 3.05) is 26.3 Å². The first-order valence-electron chi connectivity index (χ1n) is 13.8. The van der Waals surface area contributed by atoms with E-state index in [0.29, 0.717) is 39.1 Å². The molecule has 2 aliphatic rings. The van der Waals surface area contributed by atoms with Crippen LogP contribution in [0.3, 0.4) is 0 Å². The largest absolute Gasteiger partial charge is 0.494 e. The molecule has 1 N–H and O–H groups in total. The van der Waals surface area contributed by atoms with E-state index in [0.717, 1.165) is 35.5 Å². The summed E-state index contributed by atoms with van der Waals surface area (Å²) in [5.74, 6) is 0.292. The van der Waals surface area contributed by atoms with Gasteiger partial charge in [-0.25, -0.2) is 4.79 Å². The number of piperidine rings is 1. The first-order chi connectivity index (χ1) is 19.1. The maximum absolute atomic E-state index is 12.5. The molecule has 0 aromatic heterocycles. The normalized spacial score (nSPS) is 20.9. The quantitative estimate of drug-likeness (QED) is 0.350. The van der Waals surface area contributed by atoms with Crippen molar-refractivity contribution in [2.24, 2.45) is 5.92 Å². The molecule has 9 nitrogen and oxygen atoms in total. The van der Waals surface area contributed by atoms with Crippen LogP contribution in [0.5, 0.6) is 11.5 Å². The van der Waals surface area contributed by atoms with E-state index in [9.17, 15) is 19.6 Å². The van der Waals surface area contributed by atoms with Crippen LogP contribution in [0.2, 0.25) is 0 Å². The molecule has 0 bridgehead atoms. The van der Waals surface area contributed by atoms with Crippen LogP contribution in [0.1, 0.15) is 69.4 Å². The minimum absolute atomic E-state index is 0.101. The number of ether oxygens (including phenoxy) is 3. The maximum Gasteiger partial charge on any atom is 0.410 e. The van der Waals surface area contributed by atoms with Crippen LogP contribution in [0, 0.1) is 17.2 Å². The average Bonchev–Trinajstić information content (AvgIpc) is 3.35. The molecule has 4 rings (SSSR count). The van der Waals surface area contributed by atoms with Crippen LogP contribution in [0.15, 0.2) is 48.5 Å². The van der Waals surface area contributed by atoms with Crippen molar-refractivity contribution in [2.45, 2.75) is 63.9 Å². The Morgan fingerprint density at radius 1 is 1.00 bits per heavy atom. The number of rotatable bonds is 9. The Bertz CT molecular complexity index is 1250. The molecule has 2 aliphatic heterocycles. The number of nitrogens with zero attached hydrogens (tertiary/aromatic N) is 2. The van der Waals surface area contributed by atoms with E-state index in [2.05, 4.69) is 11.4 Å². The van der Waals surface area contributed by atoms with Crippen molar-refractivity contribution in [3.05, 3.63) is 59.7 Å². The highest BCUT2D eigenvalue weighted by Crippen LogP contribution is 2.34. The Kier molecular flexibility index (Phi) is 9.30. The van der Waals surface area contributed by atoms with Crippen LogP contribution < -0.4 is 14.8 Å². The zero-order valence-electron chi connectivity index (χ0n) is 23.4. The molecular weight excluding hydrogens is 510 g/mol. The number of hydrogen-bond donors (Lipinski definition) is 1. The zero-order valence-corrected chi connectivity index (χ0v) is 23.4. The van der Waals surface area contributed by atoms with E-state index in [1.54, 1.807) is 4.90 Å². The Morgan fingerprint density at radius 3 is 2.35 bits per heavy atom. The molecule has 0 radical (unpaired) electrons. The van der Waals surface area contributed by atoms with Gasteiger partial charge in [-0.1, -0.05) is 24.3 Å². The SMILES string of the molecule is CC(C)(C)OC(=O)N1C[C@@H](C#N)[C@H](c2cccc(OCCCCOc3ccc(C4CCC(=O)NC4=O)cc3)c2)C1. The van der Waals surface area contributed by atoms with Gasteiger partial charge in [0.25, 0.3) is 0 Å². The Labute approximate surface area is 235 Å². The van der Waals surface area contributed by atoms with Gasteiger partial charge < -0.3 is 19.1 Å². The van der Waals surface area contributed by atoms with Gasteiger partial charge in [0.2, 0.25) is 11.8 Å². The number of unbranched alkanes of at least 4 members (excludes halogenated alkanes) is 1. The Hall–Kier alpha value is -4.06. The van der Waals surface area contributed by atoms with E-state index in [-0.39, 0.29) is 29.6 Å². The highest BCUT2D eigenvalue weighted by molar-refractivity contribution is 6.00. The molecule has 0 saturated carbocycles. The highest BCUT2D eigenvalue weighted by atomic mass is 16.6. The van der Waals surface area contributed by atoms with Gasteiger partial charge >= 0.3 is 6.09 Å². The van der Waals surface area contributed by atoms with Crippen molar-refractivity contribution in [1.82, 2.24) is 10.2 Å². The van der Waals surface area contributed by atoms with Crippen LogP contribution in [-0.4, -0.2) is 54.7 Å². The van der Waals surface area contributed by atoms with Crippen LogP contribution in [0.4, 0.5) is 4.79 Å². The lowest BCUT2D eigenvalue weighted by Gasteiger charge is -2.24. The lowest BCUT2D eigenvalue weighted by Crippen LogP contribution is -2.39. The van der Waals surface area contributed by atoms with Gasteiger partial charge in [-0.3, -0.25) is 14.9 Å². The van der Waals surface area contributed by atoms with Crippen molar-refractivity contribution >= 4 is 17.9 Å². The molecule has 2 saturated heterocycles. The number of nitriles is 1. The topological polar surface area (TPSA) is 118 Å². The minimum atomic E-state index is -0.585. The summed E-state index contributed by atoms with van der Waals surface area (Å²) in [6.45, 7) is 7.33. The molecule has 1 unspecified atom stereocenters. The first-order valence-corrected chi connectivity index (χ1v) is 13.8. The predicted molar refractivity (Wildman–Crippen MR) is 148 cm³/mol. The zero-order chi connectivity index (χ0) is 28.7. The summed E-state index contributed by atoms with van der Waals surface area (Å²) in [6.07, 6.45) is 2.09. The van der Waals surface area contributed by atoms with Gasteiger partial charge in [-0.2, -0.15) is 5.26 Å². The number of nitrogens with one attached hydrogen (secondary N) is 1. The molecule has 2 aromatic rings. The number of carbonyl (C=O) groups is 3. The maximum atomic E-state index is 12.5. The van der Waals surface area contributed by atoms with E-state index in [1.165, 1.54) is 0 Å². The van der Waals surface area contributed by atoms with Gasteiger partial charge in [-0.05, 0) is 75.4 Å². The smallest absolute Gasteiger partial charge is 0.410 e. The van der Waals surface area contributed by atoms with E-state index in [4.69, 9.17) is 14.2 Å². The van der Waals surface area contributed by atoms with Crippen LogP contribution in [-0.2, 0) is 14.3 Å². The lowest BCUT2D eigenvalue weighted by atomic mass is 9.90. The lowest BCUT2D eigenvalue weighted by molar-refractivity contribution is -0.134. The summed E-state index contributed by atoms with van der Waals surface area (Å²) in [5.41, 5.74) is 1.27. The molecule has 0 spiro atoms. The second kappa shape index (κ2) is 12.9. The van der Waals surface area contributed by atoms with Gasteiger partial charge in [0.1, 0.15) is 17.1 Å². The van der Waals surface area contributed by atoms with Gasteiger partial charge in [0.05, 0.1) is 31.1 Å². The number of amides is 3. The molecule has 212 valence electrons. The Balaban J connectivity index is 1.20. The van der Waals surface area contributed by atoms with Gasteiger partial charge in [0, 0.05) is 25.4 Å². The summed E-state index contributed by atoms with van der Waals surface area (Å²) < 4.78 is 17.3. The molecule has 3 atom stereocenters. The fourth-order valence-corrected chi connectivity index (χ4v) is 4.98. The van der Waals surface area contributed by atoms with Crippen LogP contribution in [0.25, 0.3) is 0 Å².